The molecule has 0 bridgehead atoms. The summed E-state index contributed by atoms with van der Waals surface area (Å²) in [5, 5.41) is 4.46. The Bertz CT molecular complexity index is 831. The van der Waals surface area contributed by atoms with Crippen LogP contribution in [0.1, 0.15) is 0 Å². The van der Waals surface area contributed by atoms with Crippen molar-refractivity contribution in [3.05, 3.63) is 67.3 Å². The minimum atomic E-state index is -0.443. The average Bonchev–Trinajstić information content (AvgIpc) is 2.66. The summed E-state index contributed by atoms with van der Waals surface area (Å²) >= 11 is 0. The van der Waals surface area contributed by atoms with Crippen LogP contribution in [0.3, 0.4) is 0 Å². The average molecular weight is 336 g/mol. The first kappa shape index (κ1) is 17.0. The van der Waals surface area contributed by atoms with Crippen LogP contribution in [-0.4, -0.2) is 32.4 Å². The minimum Gasteiger partial charge on any atom is -0.490 e. The summed E-state index contributed by atoms with van der Waals surface area (Å²) in [6.45, 7) is 4.72. The zero-order chi connectivity index (χ0) is 17.5. The molecule has 0 aliphatic carbocycles. The first-order valence-corrected chi connectivity index (χ1v) is 8.20. The van der Waals surface area contributed by atoms with E-state index < -0.39 is 5.97 Å². The topological polar surface area (TPSA) is 44.8 Å². The number of carbonyl (C=O) groups excluding carboxylic acids is 1. The van der Waals surface area contributed by atoms with E-state index in [1.165, 1.54) is 0 Å². The SMILES string of the molecule is C=CC(=O)OCCOCCOc1c2ccccc2cc2ccccc12. The van der Waals surface area contributed by atoms with Crippen LogP contribution in [0.15, 0.2) is 67.3 Å². The van der Waals surface area contributed by atoms with E-state index in [1.807, 2.05) is 24.3 Å². The lowest BCUT2D eigenvalue weighted by Crippen LogP contribution is -2.12. The van der Waals surface area contributed by atoms with Gasteiger partial charge in [0.2, 0.25) is 0 Å². The molecule has 0 heterocycles. The molecule has 0 aliphatic heterocycles. The van der Waals surface area contributed by atoms with Crippen molar-refractivity contribution in [2.75, 3.05) is 26.4 Å². The molecule has 0 aromatic heterocycles. The van der Waals surface area contributed by atoms with E-state index in [0.29, 0.717) is 19.8 Å². The standard InChI is InChI=1S/C21H20O4/c1-2-20(22)24-13-11-23-12-14-25-21-18-9-5-3-7-16(18)15-17-8-4-6-10-19(17)21/h2-10,15H,1,11-14H2. The molecule has 0 fully saturated rings. The van der Waals surface area contributed by atoms with Crippen LogP contribution in [0.2, 0.25) is 0 Å². The number of carbonyl (C=O) groups is 1. The fourth-order valence-electron chi connectivity index (χ4n) is 2.69. The summed E-state index contributed by atoms with van der Waals surface area (Å²) in [4.78, 5) is 10.9. The van der Waals surface area contributed by atoms with Gasteiger partial charge in [0.25, 0.3) is 0 Å². The Morgan fingerprint density at radius 1 is 0.880 bits per heavy atom. The fourth-order valence-corrected chi connectivity index (χ4v) is 2.69. The predicted octanol–water partition coefficient (Wildman–Crippen LogP) is 4.12. The quantitative estimate of drug-likeness (QED) is 0.269. The molecule has 4 nitrogen and oxygen atoms in total. The highest BCUT2D eigenvalue weighted by molar-refractivity contribution is 6.05. The molecule has 0 spiro atoms. The van der Waals surface area contributed by atoms with Gasteiger partial charge >= 0.3 is 5.97 Å². The van der Waals surface area contributed by atoms with Gasteiger partial charge < -0.3 is 14.2 Å². The third-order valence-electron chi connectivity index (χ3n) is 3.83. The predicted molar refractivity (Wildman–Crippen MR) is 98.9 cm³/mol. The zero-order valence-electron chi connectivity index (χ0n) is 13.9. The second kappa shape index (κ2) is 8.31. The third kappa shape index (κ3) is 4.17. The number of hydrogen-bond acceptors (Lipinski definition) is 4. The molecular formula is C21H20O4. The van der Waals surface area contributed by atoms with Gasteiger partial charge in [0.15, 0.2) is 0 Å². The van der Waals surface area contributed by atoms with Crippen molar-refractivity contribution in [2.24, 2.45) is 0 Å². The summed E-state index contributed by atoms with van der Waals surface area (Å²) < 4.78 is 16.3. The maximum Gasteiger partial charge on any atom is 0.330 e. The largest absolute Gasteiger partial charge is 0.490 e. The van der Waals surface area contributed by atoms with Crippen LogP contribution < -0.4 is 4.74 Å². The number of fused-ring (bicyclic) bond motifs is 2. The maximum atomic E-state index is 10.9. The summed E-state index contributed by atoms with van der Waals surface area (Å²) in [5.74, 6) is 0.428. The Kier molecular flexibility index (Phi) is 5.65. The molecule has 3 aromatic rings. The van der Waals surface area contributed by atoms with Crippen LogP contribution in [0, 0.1) is 0 Å². The molecular weight excluding hydrogens is 316 g/mol. The zero-order valence-corrected chi connectivity index (χ0v) is 13.9. The van der Waals surface area contributed by atoms with E-state index in [2.05, 4.69) is 36.9 Å². The van der Waals surface area contributed by atoms with Gasteiger partial charge in [-0.25, -0.2) is 4.79 Å². The molecule has 4 heteroatoms. The molecule has 0 N–H and O–H groups in total. The number of ether oxygens (including phenoxy) is 3. The van der Waals surface area contributed by atoms with Crippen molar-refractivity contribution in [1.82, 2.24) is 0 Å². The Labute approximate surface area is 146 Å². The van der Waals surface area contributed by atoms with E-state index >= 15 is 0 Å². The van der Waals surface area contributed by atoms with Gasteiger partial charge in [-0.3, -0.25) is 0 Å². The normalized spacial score (nSPS) is 10.7. The first-order valence-electron chi connectivity index (χ1n) is 8.20. The van der Waals surface area contributed by atoms with Crippen LogP contribution in [0.4, 0.5) is 0 Å². The van der Waals surface area contributed by atoms with E-state index in [-0.39, 0.29) is 6.61 Å². The molecule has 25 heavy (non-hydrogen) atoms. The maximum absolute atomic E-state index is 10.9. The first-order chi connectivity index (χ1) is 12.3. The molecule has 0 saturated carbocycles. The van der Waals surface area contributed by atoms with Crippen LogP contribution in [0.25, 0.3) is 21.5 Å². The second-order valence-corrected chi connectivity index (χ2v) is 5.48. The minimum absolute atomic E-state index is 0.210. The van der Waals surface area contributed by atoms with Gasteiger partial charge in [-0.2, -0.15) is 0 Å². The van der Waals surface area contributed by atoms with Crippen LogP contribution >= 0.6 is 0 Å². The number of benzene rings is 3. The summed E-state index contributed by atoms with van der Waals surface area (Å²) in [7, 11) is 0. The number of rotatable bonds is 8. The van der Waals surface area contributed by atoms with E-state index in [1.54, 1.807) is 0 Å². The molecule has 128 valence electrons. The highest BCUT2D eigenvalue weighted by Crippen LogP contribution is 2.34. The summed E-state index contributed by atoms with van der Waals surface area (Å²) in [6, 6.07) is 18.5. The van der Waals surface area contributed by atoms with Crippen molar-refractivity contribution in [3.63, 3.8) is 0 Å². The monoisotopic (exact) mass is 336 g/mol. The molecule has 3 rings (SSSR count). The van der Waals surface area contributed by atoms with Crippen molar-refractivity contribution >= 4 is 27.5 Å². The highest BCUT2D eigenvalue weighted by atomic mass is 16.6. The smallest absolute Gasteiger partial charge is 0.330 e. The fraction of sp³-hybridized carbons (Fsp3) is 0.190. The third-order valence-corrected chi connectivity index (χ3v) is 3.83. The van der Waals surface area contributed by atoms with Gasteiger partial charge in [-0.15, -0.1) is 0 Å². The molecule has 3 aromatic carbocycles. The molecule has 0 aliphatic rings. The highest BCUT2D eigenvalue weighted by Gasteiger charge is 2.08. The van der Waals surface area contributed by atoms with E-state index in [0.717, 1.165) is 33.4 Å². The Morgan fingerprint density at radius 2 is 1.48 bits per heavy atom. The molecule has 0 saturated heterocycles. The van der Waals surface area contributed by atoms with E-state index in [4.69, 9.17) is 14.2 Å². The second-order valence-electron chi connectivity index (χ2n) is 5.48. The van der Waals surface area contributed by atoms with Crippen molar-refractivity contribution in [2.45, 2.75) is 0 Å². The van der Waals surface area contributed by atoms with Gasteiger partial charge in [-0.1, -0.05) is 55.1 Å². The molecule has 0 atom stereocenters. The number of esters is 1. The van der Waals surface area contributed by atoms with Gasteiger partial charge in [0.1, 0.15) is 19.0 Å². The van der Waals surface area contributed by atoms with Crippen molar-refractivity contribution < 1.29 is 19.0 Å². The molecule has 0 amide bonds. The van der Waals surface area contributed by atoms with Gasteiger partial charge in [0, 0.05) is 16.8 Å². The van der Waals surface area contributed by atoms with Crippen LogP contribution in [-0.2, 0) is 14.3 Å². The van der Waals surface area contributed by atoms with Gasteiger partial charge in [-0.05, 0) is 16.8 Å². The van der Waals surface area contributed by atoms with E-state index in [9.17, 15) is 4.79 Å². The number of hydrogen-bond donors (Lipinski definition) is 0. The van der Waals surface area contributed by atoms with Crippen LogP contribution in [0.5, 0.6) is 5.75 Å². The molecule has 0 radical (unpaired) electrons. The van der Waals surface area contributed by atoms with Gasteiger partial charge in [0.05, 0.1) is 13.2 Å². The Morgan fingerprint density at radius 3 is 2.12 bits per heavy atom. The Hall–Kier alpha value is -2.85. The molecule has 0 unspecified atom stereocenters. The van der Waals surface area contributed by atoms with Crippen molar-refractivity contribution in [1.29, 1.82) is 0 Å². The lowest BCUT2D eigenvalue weighted by molar-refractivity contribution is -0.139. The van der Waals surface area contributed by atoms with Crippen molar-refractivity contribution in [3.8, 4) is 5.75 Å². The lowest BCUT2D eigenvalue weighted by atomic mass is 10.0. The lowest BCUT2D eigenvalue weighted by Gasteiger charge is -2.13. The Balaban J connectivity index is 1.64. The summed E-state index contributed by atoms with van der Waals surface area (Å²) in [6.07, 6.45) is 1.13. The summed E-state index contributed by atoms with van der Waals surface area (Å²) in [5.41, 5.74) is 0.